The fraction of sp³-hybridized carbons (Fsp3) is 0.714. The van der Waals surface area contributed by atoms with Gasteiger partial charge in [-0.3, -0.25) is 9.63 Å². The lowest BCUT2D eigenvalue weighted by Gasteiger charge is -2.08. The van der Waals surface area contributed by atoms with E-state index in [4.69, 9.17) is 5.26 Å². The zero-order valence-corrected chi connectivity index (χ0v) is 7.73. The number of alkyl halides is 3. The number of nitrogens with one attached hydrogen (secondary N) is 2. The molecule has 0 unspecified atom stereocenters. The van der Waals surface area contributed by atoms with Crippen LogP contribution in [-0.2, 0) is 9.63 Å². The number of amides is 1. The van der Waals surface area contributed by atoms with Gasteiger partial charge in [0.05, 0.1) is 19.0 Å². The number of nitriles is 1. The van der Waals surface area contributed by atoms with Crippen molar-refractivity contribution in [2.45, 2.75) is 12.6 Å². The van der Waals surface area contributed by atoms with Crippen LogP contribution in [0.4, 0.5) is 13.2 Å². The first-order valence-electron chi connectivity index (χ1n) is 4.01. The molecule has 0 aromatic rings. The first-order chi connectivity index (χ1) is 6.95. The quantitative estimate of drug-likeness (QED) is 0.496. The van der Waals surface area contributed by atoms with Crippen molar-refractivity contribution in [1.29, 1.82) is 5.26 Å². The first kappa shape index (κ1) is 13.7. The molecular formula is C7H10F3N3O2. The first-order valence-corrected chi connectivity index (χ1v) is 4.01. The van der Waals surface area contributed by atoms with Crippen LogP contribution in [0.15, 0.2) is 0 Å². The number of hydroxylamine groups is 1. The lowest BCUT2D eigenvalue weighted by atomic mass is 10.4. The Labute approximate surface area is 84.1 Å². The van der Waals surface area contributed by atoms with Gasteiger partial charge in [0.15, 0.2) is 6.61 Å². The van der Waals surface area contributed by atoms with E-state index in [0.717, 1.165) is 0 Å². The zero-order chi connectivity index (χ0) is 11.7. The Balaban J connectivity index is 3.36. The van der Waals surface area contributed by atoms with E-state index in [2.05, 4.69) is 10.2 Å². The third kappa shape index (κ3) is 10.6. The highest BCUT2D eigenvalue weighted by Gasteiger charge is 2.27. The molecule has 0 saturated carbocycles. The number of rotatable bonds is 6. The van der Waals surface area contributed by atoms with Gasteiger partial charge < -0.3 is 5.32 Å². The number of nitrogens with zero attached hydrogens (tertiary/aromatic N) is 1. The predicted octanol–water partition coefficient (Wildman–Crippen LogP) is 0.0998. The maximum Gasteiger partial charge on any atom is 0.413 e. The zero-order valence-electron chi connectivity index (χ0n) is 7.73. The normalized spacial score (nSPS) is 10.8. The molecule has 0 aliphatic rings. The van der Waals surface area contributed by atoms with Crippen molar-refractivity contribution in [3.8, 4) is 6.07 Å². The Morgan fingerprint density at radius 1 is 1.47 bits per heavy atom. The Morgan fingerprint density at radius 3 is 2.67 bits per heavy atom. The molecule has 2 N–H and O–H groups in total. The van der Waals surface area contributed by atoms with E-state index < -0.39 is 18.7 Å². The number of halogens is 3. The second-order valence-electron chi connectivity index (χ2n) is 2.48. The van der Waals surface area contributed by atoms with Crippen LogP contribution in [0.5, 0.6) is 0 Å². The van der Waals surface area contributed by atoms with Crippen LogP contribution in [0.25, 0.3) is 0 Å². The van der Waals surface area contributed by atoms with E-state index in [0.29, 0.717) is 0 Å². The fourth-order valence-corrected chi connectivity index (χ4v) is 0.570. The Hall–Kier alpha value is -1.33. The van der Waals surface area contributed by atoms with Gasteiger partial charge in [0.2, 0.25) is 5.91 Å². The van der Waals surface area contributed by atoms with E-state index >= 15 is 0 Å². The van der Waals surface area contributed by atoms with Crippen LogP contribution in [0, 0.1) is 11.3 Å². The average molecular weight is 225 g/mol. The van der Waals surface area contributed by atoms with Crippen LogP contribution >= 0.6 is 0 Å². The van der Waals surface area contributed by atoms with Gasteiger partial charge in [-0.05, 0) is 0 Å². The molecule has 0 atom stereocenters. The molecule has 15 heavy (non-hydrogen) atoms. The third-order valence-electron chi connectivity index (χ3n) is 1.13. The molecule has 0 aliphatic heterocycles. The van der Waals surface area contributed by atoms with Crippen molar-refractivity contribution in [2.24, 2.45) is 0 Å². The molecule has 0 spiro atoms. The molecule has 0 aliphatic carbocycles. The summed E-state index contributed by atoms with van der Waals surface area (Å²) >= 11 is 0. The Kier molecular flexibility index (Phi) is 6.40. The van der Waals surface area contributed by atoms with Crippen molar-refractivity contribution < 1.29 is 22.8 Å². The van der Waals surface area contributed by atoms with Crippen LogP contribution in [0.2, 0.25) is 0 Å². The molecule has 0 aromatic carbocycles. The molecule has 0 heterocycles. The summed E-state index contributed by atoms with van der Waals surface area (Å²) < 4.78 is 34.6. The van der Waals surface area contributed by atoms with Gasteiger partial charge in [0.1, 0.15) is 0 Å². The summed E-state index contributed by atoms with van der Waals surface area (Å²) in [4.78, 5) is 14.8. The minimum atomic E-state index is -4.43. The predicted molar refractivity (Wildman–Crippen MR) is 43.2 cm³/mol. The minimum absolute atomic E-state index is 0.148. The molecule has 0 rings (SSSR count). The molecule has 0 fully saturated rings. The summed E-state index contributed by atoms with van der Waals surface area (Å²) in [6, 6.07) is 1.80. The summed E-state index contributed by atoms with van der Waals surface area (Å²) in [6.07, 6.45) is -4.28. The smallest absolute Gasteiger partial charge is 0.354 e. The van der Waals surface area contributed by atoms with E-state index in [-0.39, 0.29) is 19.5 Å². The van der Waals surface area contributed by atoms with Crippen LogP contribution in [0.3, 0.4) is 0 Å². The summed E-state index contributed by atoms with van der Waals surface area (Å²) in [6.45, 7) is -1.68. The summed E-state index contributed by atoms with van der Waals surface area (Å²) in [5.41, 5.74) is 1.85. The van der Waals surface area contributed by atoms with Crippen molar-refractivity contribution in [2.75, 3.05) is 19.7 Å². The monoisotopic (exact) mass is 225 g/mol. The van der Waals surface area contributed by atoms with Crippen molar-refractivity contribution in [3.63, 3.8) is 0 Å². The highest BCUT2D eigenvalue weighted by molar-refractivity contribution is 5.77. The molecule has 0 saturated heterocycles. The summed E-state index contributed by atoms with van der Waals surface area (Å²) in [5.74, 6) is -0.535. The molecule has 0 aromatic heterocycles. The third-order valence-corrected chi connectivity index (χ3v) is 1.13. The summed E-state index contributed by atoms with van der Waals surface area (Å²) in [5, 5.41) is 10.4. The molecular weight excluding hydrogens is 215 g/mol. The van der Waals surface area contributed by atoms with Gasteiger partial charge in [0.25, 0.3) is 0 Å². The maximum absolute atomic E-state index is 11.5. The number of carbonyl (C=O) groups is 1. The van der Waals surface area contributed by atoms with Gasteiger partial charge in [0, 0.05) is 6.54 Å². The maximum atomic E-state index is 11.5. The molecule has 86 valence electrons. The highest BCUT2D eigenvalue weighted by Crippen LogP contribution is 2.13. The summed E-state index contributed by atoms with van der Waals surface area (Å²) in [7, 11) is 0. The second-order valence-corrected chi connectivity index (χ2v) is 2.48. The van der Waals surface area contributed by atoms with Crippen LogP contribution in [0.1, 0.15) is 6.42 Å². The van der Waals surface area contributed by atoms with Crippen LogP contribution < -0.4 is 10.8 Å². The van der Waals surface area contributed by atoms with Gasteiger partial charge in [-0.1, -0.05) is 0 Å². The van der Waals surface area contributed by atoms with Gasteiger partial charge in [-0.2, -0.15) is 23.9 Å². The largest absolute Gasteiger partial charge is 0.413 e. The van der Waals surface area contributed by atoms with Crippen molar-refractivity contribution >= 4 is 5.91 Å². The number of hydrogen-bond acceptors (Lipinski definition) is 4. The number of hydrogen-bond donors (Lipinski definition) is 2. The average Bonchev–Trinajstić information content (AvgIpc) is 2.11. The van der Waals surface area contributed by atoms with Crippen molar-refractivity contribution in [3.05, 3.63) is 0 Å². The van der Waals surface area contributed by atoms with Crippen LogP contribution in [-0.4, -0.2) is 31.8 Å². The van der Waals surface area contributed by atoms with E-state index in [1.165, 1.54) is 0 Å². The molecule has 0 radical (unpaired) electrons. The molecule has 5 nitrogen and oxygen atoms in total. The van der Waals surface area contributed by atoms with Crippen molar-refractivity contribution in [1.82, 2.24) is 10.8 Å². The topological polar surface area (TPSA) is 74.2 Å². The second kappa shape index (κ2) is 7.03. The van der Waals surface area contributed by atoms with Gasteiger partial charge >= 0.3 is 6.18 Å². The van der Waals surface area contributed by atoms with Gasteiger partial charge in [-0.15, -0.1) is 0 Å². The standard InChI is InChI=1S/C7H10F3N3O2/c8-7(9,10)5-15-13-4-6(14)12-3-1-2-11/h13H,1,3-5H2,(H,12,14). The van der Waals surface area contributed by atoms with E-state index in [9.17, 15) is 18.0 Å². The van der Waals surface area contributed by atoms with Gasteiger partial charge in [-0.25, -0.2) is 0 Å². The lowest BCUT2D eigenvalue weighted by Crippen LogP contribution is -2.36. The molecule has 8 heteroatoms. The SMILES string of the molecule is N#CCCNC(=O)CNOCC(F)(F)F. The Morgan fingerprint density at radius 2 is 2.13 bits per heavy atom. The molecule has 0 bridgehead atoms. The highest BCUT2D eigenvalue weighted by atomic mass is 19.4. The van der Waals surface area contributed by atoms with E-state index in [1.807, 2.05) is 5.48 Å². The number of carbonyl (C=O) groups excluding carboxylic acids is 1. The lowest BCUT2D eigenvalue weighted by molar-refractivity contribution is -0.189. The molecule has 1 amide bonds. The minimum Gasteiger partial charge on any atom is -0.354 e. The fourth-order valence-electron chi connectivity index (χ4n) is 0.570. The Bertz CT molecular complexity index is 237. The van der Waals surface area contributed by atoms with E-state index in [1.54, 1.807) is 6.07 Å².